The van der Waals surface area contributed by atoms with E-state index in [4.69, 9.17) is 0 Å². The van der Waals surface area contributed by atoms with Crippen LogP contribution in [0.3, 0.4) is 0 Å². The van der Waals surface area contributed by atoms with Crippen LogP contribution in [0.5, 0.6) is 5.75 Å². The predicted molar refractivity (Wildman–Crippen MR) is 113 cm³/mol. The van der Waals surface area contributed by atoms with Crippen molar-refractivity contribution in [3.8, 4) is 22.7 Å². The van der Waals surface area contributed by atoms with E-state index >= 15 is 4.39 Å². The van der Waals surface area contributed by atoms with Gasteiger partial charge in [-0.2, -0.15) is 0 Å². The standard InChI is InChI=1S/C23H24FN5O/c1-23-6-2-3-16(28-23)9-15(22(23)24)10-17-12-27-20(13-26-17)19-5-4-18(11-21(19)30)29-8-7-25-14-29/h4-5,7-8,10-14,16,22,28,30H,2-3,6,9H2,1H3/b15-10+/t16?,22-,23+/m1/s1. The largest absolute Gasteiger partial charge is 0.507 e. The number of hydrogen-bond donors (Lipinski definition) is 2. The van der Waals surface area contributed by atoms with Gasteiger partial charge < -0.3 is 15.0 Å². The molecule has 0 radical (unpaired) electrons. The van der Waals surface area contributed by atoms with Gasteiger partial charge in [0.1, 0.15) is 11.9 Å². The van der Waals surface area contributed by atoms with Crippen LogP contribution in [0, 0.1) is 0 Å². The number of hydrogen-bond acceptors (Lipinski definition) is 5. The van der Waals surface area contributed by atoms with Gasteiger partial charge in [0.25, 0.3) is 0 Å². The SMILES string of the molecule is C[C@]12CCCC(C/C(=C\c3cnc(-c4ccc(-n5ccnc5)cc4O)cn3)[C@H]1F)N2. The minimum atomic E-state index is -1.02. The second kappa shape index (κ2) is 7.32. The Morgan fingerprint density at radius 2 is 2.20 bits per heavy atom. The second-order valence-electron chi connectivity index (χ2n) is 8.43. The highest BCUT2D eigenvalue weighted by Gasteiger charge is 2.45. The Morgan fingerprint density at radius 3 is 2.93 bits per heavy atom. The summed E-state index contributed by atoms with van der Waals surface area (Å²) in [7, 11) is 0. The summed E-state index contributed by atoms with van der Waals surface area (Å²) >= 11 is 0. The summed E-state index contributed by atoms with van der Waals surface area (Å²) in [5.41, 5.74) is 2.91. The van der Waals surface area contributed by atoms with Crippen LogP contribution in [0.15, 0.2) is 54.9 Å². The number of imidazole rings is 1. The number of nitrogens with zero attached hydrogens (tertiary/aromatic N) is 4. The number of rotatable bonds is 3. The second-order valence-corrected chi connectivity index (χ2v) is 8.43. The first kappa shape index (κ1) is 18.9. The minimum Gasteiger partial charge on any atom is -0.507 e. The molecule has 2 fully saturated rings. The van der Waals surface area contributed by atoms with Gasteiger partial charge in [-0.1, -0.05) is 0 Å². The summed E-state index contributed by atoms with van der Waals surface area (Å²) in [5, 5.41) is 13.9. The summed E-state index contributed by atoms with van der Waals surface area (Å²) < 4.78 is 16.9. The van der Waals surface area contributed by atoms with Gasteiger partial charge in [0, 0.05) is 30.1 Å². The van der Waals surface area contributed by atoms with Gasteiger partial charge >= 0.3 is 0 Å². The maximum absolute atomic E-state index is 15.1. The van der Waals surface area contributed by atoms with E-state index in [0.717, 1.165) is 30.5 Å². The van der Waals surface area contributed by atoms with Crippen molar-refractivity contribution in [2.24, 2.45) is 0 Å². The Kier molecular flexibility index (Phi) is 4.62. The zero-order valence-electron chi connectivity index (χ0n) is 16.8. The van der Waals surface area contributed by atoms with Crippen LogP contribution >= 0.6 is 0 Å². The molecule has 4 heterocycles. The summed E-state index contributed by atoms with van der Waals surface area (Å²) in [4.78, 5) is 12.9. The van der Waals surface area contributed by atoms with E-state index < -0.39 is 11.7 Å². The Bertz CT molecular complexity index is 1080. The Hall–Kier alpha value is -3.06. The van der Waals surface area contributed by atoms with Crippen LogP contribution in [-0.4, -0.2) is 42.4 Å². The minimum absolute atomic E-state index is 0.115. The molecular formula is C23H24FN5O. The molecule has 0 aliphatic carbocycles. The first-order valence-corrected chi connectivity index (χ1v) is 10.3. The third-order valence-corrected chi connectivity index (χ3v) is 6.21. The zero-order valence-corrected chi connectivity index (χ0v) is 16.8. The molecule has 0 amide bonds. The molecule has 1 unspecified atom stereocenters. The third-order valence-electron chi connectivity index (χ3n) is 6.21. The maximum Gasteiger partial charge on any atom is 0.139 e. The molecule has 2 aromatic heterocycles. The van der Waals surface area contributed by atoms with Crippen LogP contribution in [-0.2, 0) is 0 Å². The number of alkyl halides is 1. The van der Waals surface area contributed by atoms with E-state index in [1.807, 2.05) is 29.8 Å². The molecule has 1 aromatic carbocycles. The van der Waals surface area contributed by atoms with Crippen molar-refractivity contribution in [3.05, 3.63) is 60.6 Å². The number of benzene rings is 1. The molecule has 5 rings (SSSR count). The number of phenols is 1. The first-order chi connectivity index (χ1) is 14.5. The molecule has 2 N–H and O–H groups in total. The third kappa shape index (κ3) is 3.39. The Balaban J connectivity index is 1.39. The Morgan fingerprint density at radius 1 is 1.30 bits per heavy atom. The first-order valence-electron chi connectivity index (χ1n) is 10.3. The number of nitrogens with one attached hydrogen (secondary N) is 1. The summed E-state index contributed by atoms with van der Waals surface area (Å²) in [5.74, 6) is 0.115. The lowest BCUT2D eigenvalue weighted by molar-refractivity contribution is 0.0993. The fourth-order valence-electron chi connectivity index (χ4n) is 4.66. The van der Waals surface area contributed by atoms with Crippen LogP contribution in [0.25, 0.3) is 23.0 Å². The molecule has 2 bridgehead atoms. The number of halogens is 1. The molecule has 30 heavy (non-hydrogen) atoms. The normalized spacial score (nSPS) is 27.3. The topological polar surface area (TPSA) is 75.9 Å². The smallest absolute Gasteiger partial charge is 0.139 e. The lowest BCUT2D eigenvalue weighted by Crippen LogP contribution is -2.61. The van der Waals surface area contributed by atoms with Crippen LogP contribution in [0.2, 0.25) is 0 Å². The van der Waals surface area contributed by atoms with Gasteiger partial charge in [-0.3, -0.25) is 9.97 Å². The van der Waals surface area contributed by atoms with Gasteiger partial charge in [-0.05, 0) is 56.4 Å². The van der Waals surface area contributed by atoms with Gasteiger partial charge in [-0.25, -0.2) is 9.37 Å². The van der Waals surface area contributed by atoms with Crippen LogP contribution < -0.4 is 5.32 Å². The van der Waals surface area contributed by atoms with Gasteiger partial charge in [0.05, 0.1) is 41.3 Å². The molecule has 0 spiro atoms. The number of piperidine rings is 2. The van der Waals surface area contributed by atoms with E-state index in [1.54, 1.807) is 37.1 Å². The van der Waals surface area contributed by atoms with Gasteiger partial charge in [0.15, 0.2) is 0 Å². The van der Waals surface area contributed by atoms with E-state index in [9.17, 15) is 5.11 Å². The molecule has 7 heteroatoms. The highest BCUT2D eigenvalue weighted by Crippen LogP contribution is 2.39. The molecule has 0 saturated carbocycles. The Labute approximate surface area is 174 Å². The fourth-order valence-corrected chi connectivity index (χ4v) is 4.66. The van der Waals surface area contributed by atoms with Gasteiger partial charge in [-0.15, -0.1) is 0 Å². The number of aromatic hydroxyl groups is 1. The van der Waals surface area contributed by atoms with Crippen molar-refractivity contribution in [3.63, 3.8) is 0 Å². The van der Waals surface area contributed by atoms with Crippen molar-refractivity contribution in [2.75, 3.05) is 0 Å². The lowest BCUT2D eigenvalue weighted by atomic mass is 9.74. The average molecular weight is 405 g/mol. The fraction of sp³-hybridized carbons (Fsp3) is 0.348. The number of fused-ring (bicyclic) bond motifs is 2. The van der Waals surface area contributed by atoms with Crippen molar-refractivity contribution in [1.82, 2.24) is 24.8 Å². The van der Waals surface area contributed by atoms with Crippen LogP contribution in [0.4, 0.5) is 4.39 Å². The molecule has 3 atom stereocenters. The molecule has 3 aromatic rings. The van der Waals surface area contributed by atoms with Crippen molar-refractivity contribution in [2.45, 2.75) is 50.4 Å². The van der Waals surface area contributed by atoms with E-state index in [0.29, 0.717) is 29.4 Å². The van der Waals surface area contributed by atoms with Crippen LogP contribution in [0.1, 0.15) is 38.3 Å². The molecular weight excluding hydrogens is 381 g/mol. The predicted octanol–water partition coefficient (Wildman–Crippen LogP) is 4.06. The molecule has 6 nitrogen and oxygen atoms in total. The highest BCUT2D eigenvalue weighted by atomic mass is 19.1. The van der Waals surface area contributed by atoms with Crippen molar-refractivity contribution < 1.29 is 9.50 Å². The van der Waals surface area contributed by atoms with E-state index in [2.05, 4.69) is 20.3 Å². The summed E-state index contributed by atoms with van der Waals surface area (Å²) in [6, 6.07) is 5.69. The zero-order chi connectivity index (χ0) is 20.7. The van der Waals surface area contributed by atoms with Crippen molar-refractivity contribution in [1.29, 1.82) is 0 Å². The van der Waals surface area contributed by atoms with Crippen molar-refractivity contribution >= 4 is 6.08 Å². The summed E-state index contributed by atoms with van der Waals surface area (Å²) in [6.07, 6.45) is 12.9. The lowest BCUT2D eigenvalue weighted by Gasteiger charge is -2.47. The molecule has 2 aliphatic heterocycles. The maximum atomic E-state index is 15.1. The molecule has 154 valence electrons. The molecule has 2 saturated heterocycles. The monoisotopic (exact) mass is 405 g/mol. The number of phenolic OH excluding ortho intramolecular Hbond substituents is 1. The summed E-state index contributed by atoms with van der Waals surface area (Å²) in [6.45, 7) is 1.97. The van der Waals surface area contributed by atoms with E-state index in [-0.39, 0.29) is 5.75 Å². The van der Waals surface area contributed by atoms with E-state index in [1.165, 1.54) is 0 Å². The van der Waals surface area contributed by atoms with Gasteiger partial charge in [0.2, 0.25) is 0 Å². The highest BCUT2D eigenvalue weighted by molar-refractivity contribution is 5.68. The molecule has 2 aliphatic rings. The average Bonchev–Trinajstić information content (AvgIpc) is 3.28. The number of aromatic nitrogens is 4. The quantitative estimate of drug-likeness (QED) is 0.687.